The van der Waals surface area contributed by atoms with Crippen molar-refractivity contribution >= 4 is 21.9 Å². The Kier molecular flexibility index (Phi) is 6.71. The van der Waals surface area contributed by atoms with Crippen LogP contribution in [0.15, 0.2) is 91.1 Å². The van der Waals surface area contributed by atoms with Crippen molar-refractivity contribution in [2.75, 3.05) is 0 Å². The molecular weight excluding hydrogens is 649 g/mol. The van der Waals surface area contributed by atoms with Gasteiger partial charge in [0, 0.05) is 49.1 Å². The third-order valence-corrected chi connectivity index (χ3v) is 7.24. The van der Waals surface area contributed by atoms with Crippen LogP contribution in [0, 0.1) is 19.9 Å². The minimum Gasteiger partial charge on any atom is -0.505 e. The molecule has 0 bridgehead atoms. The minimum atomic E-state index is -0.304. The van der Waals surface area contributed by atoms with Crippen LogP contribution < -0.4 is 0 Å². The zero-order chi connectivity index (χ0) is 25.7. The molecule has 6 aromatic rings. The minimum absolute atomic E-state index is 0. The molecule has 0 spiro atoms. The number of hydrogen-bond acceptors (Lipinski definition) is 3. The van der Waals surface area contributed by atoms with E-state index < -0.39 is 0 Å². The van der Waals surface area contributed by atoms with Crippen LogP contribution in [-0.4, -0.2) is 19.6 Å². The number of fused-ring (bicyclic) bond motifs is 3. The number of pyridine rings is 2. The Bertz CT molecular complexity index is 1790. The Morgan fingerprint density at radius 3 is 2.42 bits per heavy atom. The Morgan fingerprint density at radius 1 is 0.842 bits per heavy atom. The number of rotatable bonds is 4. The Hall–Kier alpha value is -3.75. The predicted molar refractivity (Wildman–Crippen MR) is 150 cm³/mol. The molecule has 4 nitrogen and oxygen atoms in total. The smallest absolute Gasteiger partial charge is 0.142 e. The Labute approximate surface area is 237 Å². The quantitative estimate of drug-likeness (QED) is 0.195. The molecule has 0 saturated carbocycles. The van der Waals surface area contributed by atoms with E-state index in [-0.39, 0.29) is 32.2 Å². The second kappa shape index (κ2) is 9.85. The number of aromatic nitrogens is 3. The van der Waals surface area contributed by atoms with Crippen LogP contribution in [0.5, 0.6) is 5.75 Å². The summed E-state index contributed by atoms with van der Waals surface area (Å²) in [5.74, 6) is 0.270. The van der Waals surface area contributed by atoms with E-state index >= 15 is 0 Å². The fourth-order valence-electron chi connectivity index (χ4n) is 5.19. The van der Waals surface area contributed by atoms with Crippen molar-refractivity contribution in [2.45, 2.75) is 33.1 Å². The van der Waals surface area contributed by atoms with E-state index in [4.69, 9.17) is 4.98 Å². The van der Waals surface area contributed by atoms with Crippen molar-refractivity contribution in [1.29, 1.82) is 0 Å². The van der Waals surface area contributed by atoms with Crippen LogP contribution in [0.2, 0.25) is 0 Å². The number of benzene rings is 3. The number of aromatic hydroxyl groups is 1. The summed E-state index contributed by atoms with van der Waals surface area (Å²) in [6.45, 7) is 8.32. The number of nitrogens with zero attached hydrogens (tertiary/aromatic N) is 3. The topological polar surface area (TPSA) is 50.9 Å². The zero-order valence-electron chi connectivity index (χ0n) is 21.8. The predicted octanol–water partition coefficient (Wildman–Crippen LogP) is 7.69. The second-order valence-electron chi connectivity index (χ2n) is 10.2. The van der Waals surface area contributed by atoms with Crippen molar-refractivity contribution in [1.82, 2.24) is 14.5 Å². The van der Waals surface area contributed by atoms with Gasteiger partial charge in [0.25, 0.3) is 0 Å². The second-order valence-corrected chi connectivity index (χ2v) is 10.2. The first-order valence-electron chi connectivity index (χ1n) is 12.5. The number of aryl methyl sites for hydroxylation is 2. The van der Waals surface area contributed by atoms with E-state index in [2.05, 4.69) is 71.9 Å². The van der Waals surface area contributed by atoms with E-state index in [1.807, 2.05) is 62.5 Å². The van der Waals surface area contributed by atoms with Gasteiger partial charge in [-0.3, -0.25) is 14.5 Å². The molecule has 3 aromatic carbocycles. The molecule has 1 N–H and O–H groups in total. The van der Waals surface area contributed by atoms with Gasteiger partial charge in [0.15, 0.2) is 0 Å². The van der Waals surface area contributed by atoms with Crippen LogP contribution >= 0.6 is 0 Å². The molecule has 0 unspecified atom stereocenters. The fourth-order valence-corrected chi connectivity index (χ4v) is 5.19. The molecule has 0 saturated heterocycles. The monoisotopic (exact) mass is 677 g/mol. The Balaban J connectivity index is 0.00000294. The average Bonchev–Trinajstić information content (AvgIpc) is 3.25. The van der Waals surface area contributed by atoms with Crippen LogP contribution in [0.3, 0.4) is 0 Å². The Morgan fingerprint density at radius 2 is 1.63 bits per heavy atom. The number of para-hydroxylation sites is 1. The normalized spacial score (nSPS) is 11.6. The van der Waals surface area contributed by atoms with Crippen LogP contribution in [0.25, 0.3) is 38.9 Å². The van der Waals surface area contributed by atoms with Gasteiger partial charge in [0.05, 0.1) is 11.2 Å². The standard InChI is InChI=1S/C33H28N3O.Pt/c1-21-18-22(2)31(37)29(19-21)36-28-13-6-5-12-25(28)26-15-16-27(35-32(26)36)23-10-9-11-24(20-23)33(3,4)30-14-7-8-17-34-30;/h5-19,37H,1-4H3;/q-1;. The van der Waals surface area contributed by atoms with Crippen LogP contribution in [0.1, 0.15) is 36.2 Å². The molecule has 5 heteroatoms. The van der Waals surface area contributed by atoms with Gasteiger partial charge in [-0.05, 0) is 54.9 Å². The van der Waals surface area contributed by atoms with Crippen molar-refractivity contribution in [3.8, 4) is 22.7 Å². The van der Waals surface area contributed by atoms with E-state index in [0.717, 1.165) is 61.3 Å². The molecule has 3 aromatic heterocycles. The molecule has 0 radical (unpaired) electrons. The molecule has 0 atom stereocenters. The molecule has 0 aliphatic heterocycles. The third kappa shape index (κ3) is 4.23. The summed E-state index contributed by atoms with van der Waals surface area (Å²) in [6.07, 6.45) is 1.83. The molecule has 38 heavy (non-hydrogen) atoms. The number of phenols is 1. The molecule has 0 fully saturated rings. The first kappa shape index (κ1) is 25.9. The summed E-state index contributed by atoms with van der Waals surface area (Å²) in [6, 6.07) is 32.3. The first-order chi connectivity index (χ1) is 17.8. The largest absolute Gasteiger partial charge is 0.505 e. The van der Waals surface area contributed by atoms with Gasteiger partial charge in [-0.15, -0.1) is 35.4 Å². The van der Waals surface area contributed by atoms with Gasteiger partial charge in [-0.25, -0.2) is 0 Å². The maximum Gasteiger partial charge on any atom is 0.142 e. The average molecular weight is 678 g/mol. The van der Waals surface area contributed by atoms with E-state index in [9.17, 15) is 5.11 Å². The maximum absolute atomic E-state index is 11.1. The van der Waals surface area contributed by atoms with Gasteiger partial charge in [-0.2, -0.15) is 0 Å². The summed E-state index contributed by atoms with van der Waals surface area (Å²) in [5, 5.41) is 13.2. The van der Waals surface area contributed by atoms with Gasteiger partial charge in [-0.1, -0.05) is 56.3 Å². The fraction of sp³-hybridized carbons (Fsp3) is 0.152. The van der Waals surface area contributed by atoms with Gasteiger partial charge in [0.2, 0.25) is 0 Å². The summed E-state index contributed by atoms with van der Waals surface area (Å²) >= 11 is 0. The molecule has 0 amide bonds. The van der Waals surface area contributed by atoms with Crippen LogP contribution in [0.4, 0.5) is 0 Å². The molecular formula is C33H28N3OPt-. The van der Waals surface area contributed by atoms with Crippen LogP contribution in [-0.2, 0) is 26.5 Å². The number of hydrogen-bond donors (Lipinski definition) is 1. The molecule has 0 aliphatic rings. The van der Waals surface area contributed by atoms with Crippen molar-refractivity contribution in [3.05, 3.63) is 120 Å². The maximum atomic E-state index is 11.1. The van der Waals surface area contributed by atoms with Gasteiger partial charge < -0.3 is 5.11 Å². The van der Waals surface area contributed by atoms with E-state index in [0.29, 0.717) is 0 Å². The molecule has 192 valence electrons. The first-order valence-corrected chi connectivity index (χ1v) is 12.5. The number of phenolic OH excluding ortho intramolecular Hbond substituents is 1. The van der Waals surface area contributed by atoms with Gasteiger partial charge in [0.1, 0.15) is 11.4 Å². The SMILES string of the molecule is Cc1cc(C)c(O)c(-n2c3ccccc3c3ccc(-c4[c-]c(C(C)(C)c5ccccn5)ccc4)nc32)c1.[Pt]. The van der Waals surface area contributed by atoms with E-state index in [1.54, 1.807) is 0 Å². The summed E-state index contributed by atoms with van der Waals surface area (Å²) in [7, 11) is 0. The summed E-state index contributed by atoms with van der Waals surface area (Å²) in [4.78, 5) is 9.76. The zero-order valence-corrected chi connectivity index (χ0v) is 24.0. The van der Waals surface area contributed by atoms with Crippen molar-refractivity contribution < 1.29 is 26.2 Å². The van der Waals surface area contributed by atoms with E-state index in [1.165, 1.54) is 0 Å². The van der Waals surface area contributed by atoms with Crippen molar-refractivity contribution in [2.24, 2.45) is 0 Å². The molecule has 3 heterocycles. The van der Waals surface area contributed by atoms with Gasteiger partial charge >= 0.3 is 0 Å². The molecule has 0 aliphatic carbocycles. The summed E-state index contributed by atoms with van der Waals surface area (Å²) < 4.78 is 2.07. The summed E-state index contributed by atoms with van der Waals surface area (Å²) in [5.41, 5.74) is 7.99. The molecule has 6 rings (SSSR count). The van der Waals surface area contributed by atoms with Crippen molar-refractivity contribution in [3.63, 3.8) is 0 Å². The third-order valence-electron chi connectivity index (χ3n) is 7.24.